The Bertz CT molecular complexity index is 853. The van der Waals surface area contributed by atoms with Crippen LogP contribution in [0.3, 0.4) is 0 Å². The third-order valence-electron chi connectivity index (χ3n) is 4.64. The van der Waals surface area contributed by atoms with Gasteiger partial charge in [-0.05, 0) is 55.8 Å². The second-order valence-corrected chi connectivity index (χ2v) is 7.75. The Hall–Kier alpha value is -2.24. The topological polar surface area (TPSA) is 45.2 Å². The molecule has 3 rings (SSSR count). The first-order chi connectivity index (χ1) is 13.2. The van der Waals surface area contributed by atoms with Gasteiger partial charge in [-0.3, -0.25) is 9.69 Å². The second kappa shape index (κ2) is 9.62. The van der Waals surface area contributed by atoms with E-state index in [1.165, 1.54) is 10.3 Å². The Labute approximate surface area is 165 Å². The first kappa shape index (κ1) is 19.5. The minimum atomic E-state index is 0.0658. The summed E-state index contributed by atoms with van der Waals surface area (Å²) in [6.45, 7) is 7.30. The van der Waals surface area contributed by atoms with Crippen LogP contribution >= 0.6 is 11.3 Å². The number of nitrogens with zero attached hydrogens (tertiary/aromatic N) is 2. The molecule has 0 radical (unpaired) electrons. The number of fused-ring (bicyclic) bond motifs is 1. The van der Waals surface area contributed by atoms with Crippen LogP contribution < -0.4 is 5.32 Å². The van der Waals surface area contributed by atoms with Gasteiger partial charge in [0, 0.05) is 18.7 Å². The van der Waals surface area contributed by atoms with Crippen LogP contribution in [0.1, 0.15) is 37.3 Å². The summed E-state index contributed by atoms with van der Waals surface area (Å²) < 4.78 is 1.21. The van der Waals surface area contributed by atoms with E-state index in [9.17, 15) is 4.79 Å². The molecular weight excluding hydrogens is 354 g/mol. The fourth-order valence-corrected chi connectivity index (χ4v) is 4.11. The second-order valence-electron chi connectivity index (χ2n) is 6.64. The van der Waals surface area contributed by atoms with Gasteiger partial charge < -0.3 is 5.32 Å². The van der Waals surface area contributed by atoms with Crippen molar-refractivity contribution in [2.24, 2.45) is 0 Å². The Morgan fingerprint density at radius 3 is 2.70 bits per heavy atom. The van der Waals surface area contributed by atoms with Crippen molar-refractivity contribution in [1.82, 2.24) is 9.88 Å². The van der Waals surface area contributed by atoms with Crippen molar-refractivity contribution in [1.29, 1.82) is 0 Å². The van der Waals surface area contributed by atoms with Crippen molar-refractivity contribution in [3.63, 3.8) is 0 Å². The van der Waals surface area contributed by atoms with Gasteiger partial charge in [-0.25, -0.2) is 4.98 Å². The number of aryl methyl sites for hydroxylation is 1. The van der Waals surface area contributed by atoms with Crippen LogP contribution in [0.25, 0.3) is 10.2 Å². The molecule has 3 aromatic rings. The van der Waals surface area contributed by atoms with Crippen LogP contribution in [0.5, 0.6) is 0 Å². The number of amides is 1. The van der Waals surface area contributed by atoms with Crippen LogP contribution in [-0.2, 0) is 17.8 Å². The summed E-state index contributed by atoms with van der Waals surface area (Å²) in [6, 6.07) is 16.3. The number of carbonyl (C=O) groups excluding carboxylic acids is 1. The summed E-state index contributed by atoms with van der Waals surface area (Å²) in [6.07, 6.45) is 2.16. The molecule has 27 heavy (non-hydrogen) atoms. The summed E-state index contributed by atoms with van der Waals surface area (Å²) >= 11 is 1.72. The average molecular weight is 382 g/mol. The summed E-state index contributed by atoms with van der Waals surface area (Å²) in [7, 11) is 0. The predicted molar refractivity (Wildman–Crippen MR) is 114 cm³/mol. The number of carbonyl (C=O) groups is 1. The fourth-order valence-electron chi connectivity index (χ4n) is 3.10. The highest BCUT2D eigenvalue weighted by Crippen LogP contribution is 2.22. The first-order valence-corrected chi connectivity index (χ1v) is 10.4. The Kier molecular flexibility index (Phi) is 6.96. The molecule has 5 heteroatoms. The standard InChI is InChI=1S/C22H27N3OS/c1-3-25(4-2)16-17-9-7-10-18(15-17)23-21(26)13-8-14-22-24-19-11-5-6-12-20(19)27-22/h5-7,9-12,15H,3-4,8,13-14,16H2,1-2H3,(H,23,26). The highest BCUT2D eigenvalue weighted by atomic mass is 32.1. The molecule has 142 valence electrons. The number of nitrogens with one attached hydrogen (secondary N) is 1. The van der Waals surface area contributed by atoms with Gasteiger partial charge >= 0.3 is 0 Å². The zero-order chi connectivity index (χ0) is 19.1. The van der Waals surface area contributed by atoms with E-state index in [2.05, 4.69) is 47.2 Å². The number of para-hydroxylation sites is 1. The van der Waals surface area contributed by atoms with Gasteiger partial charge in [-0.1, -0.05) is 38.1 Å². The fraction of sp³-hybridized carbons (Fsp3) is 0.364. The zero-order valence-electron chi connectivity index (χ0n) is 16.1. The van der Waals surface area contributed by atoms with E-state index < -0.39 is 0 Å². The number of aromatic nitrogens is 1. The van der Waals surface area contributed by atoms with Crippen LogP contribution in [0, 0.1) is 0 Å². The minimum absolute atomic E-state index is 0.0658. The van der Waals surface area contributed by atoms with E-state index >= 15 is 0 Å². The highest BCUT2D eigenvalue weighted by Gasteiger charge is 2.07. The van der Waals surface area contributed by atoms with Crippen molar-refractivity contribution < 1.29 is 4.79 Å². The molecule has 0 aliphatic heterocycles. The van der Waals surface area contributed by atoms with Crippen LogP contribution in [0.15, 0.2) is 48.5 Å². The van der Waals surface area contributed by atoms with Gasteiger partial charge in [0.15, 0.2) is 0 Å². The molecule has 0 aliphatic rings. The number of hydrogen-bond acceptors (Lipinski definition) is 4. The first-order valence-electron chi connectivity index (χ1n) is 9.63. The Morgan fingerprint density at radius 1 is 1.11 bits per heavy atom. The lowest BCUT2D eigenvalue weighted by Crippen LogP contribution is -2.22. The van der Waals surface area contributed by atoms with E-state index in [1.807, 2.05) is 30.3 Å². The molecule has 4 nitrogen and oxygen atoms in total. The number of anilines is 1. The number of hydrogen-bond donors (Lipinski definition) is 1. The smallest absolute Gasteiger partial charge is 0.224 e. The quantitative estimate of drug-likeness (QED) is 0.561. The molecule has 0 fully saturated rings. The molecule has 1 N–H and O–H groups in total. The van der Waals surface area contributed by atoms with E-state index in [1.54, 1.807) is 11.3 Å². The van der Waals surface area contributed by atoms with E-state index in [0.29, 0.717) is 6.42 Å². The van der Waals surface area contributed by atoms with E-state index in [0.717, 1.165) is 48.7 Å². The number of thiazole rings is 1. The van der Waals surface area contributed by atoms with Crippen LogP contribution in [0.2, 0.25) is 0 Å². The van der Waals surface area contributed by atoms with Crippen molar-refractivity contribution in [3.8, 4) is 0 Å². The summed E-state index contributed by atoms with van der Waals surface area (Å²) in [5.41, 5.74) is 3.16. The summed E-state index contributed by atoms with van der Waals surface area (Å²) in [5.74, 6) is 0.0658. The maximum atomic E-state index is 12.3. The molecule has 1 amide bonds. The largest absolute Gasteiger partial charge is 0.326 e. The molecule has 0 saturated heterocycles. The van der Waals surface area contributed by atoms with E-state index in [4.69, 9.17) is 0 Å². The van der Waals surface area contributed by atoms with Crippen molar-refractivity contribution >= 4 is 33.1 Å². The summed E-state index contributed by atoms with van der Waals surface area (Å²) in [5, 5.41) is 4.13. The molecule has 2 aromatic carbocycles. The minimum Gasteiger partial charge on any atom is -0.326 e. The van der Waals surface area contributed by atoms with Crippen LogP contribution in [0.4, 0.5) is 5.69 Å². The van der Waals surface area contributed by atoms with Gasteiger partial charge in [0.2, 0.25) is 5.91 Å². The molecule has 0 atom stereocenters. The van der Waals surface area contributed by atoms with Crippen LogP contribution in [-0.4, -0.2) is 28.9 Å². The third kappa shape index (κ3) is 5.62. The predicted octanol–water partition coefficient (Wildman–Crippen LogP) is 5.10. The SMILES string of the molecule is CCN(CC)Cc1cccc(NC(=O)CCCc2nc3ccccc3s2)c1. The molecule has 0 spiro atoms. The zero-order valence-corrected chi connectivity index (χ0v) is 16.9. The Morgan fingerprint density at radius 2 is 1.93 bits per heavy atom. The van der Waals surface area contributed by atoms with Gasteiger partial charge in [-0.2, -0.15) is 0 Å². The van der Waals surface area contributed by atoms with Crippen molar-refractivity contribution in [3.05, 3.63) is 59.1 Å². The number of rotatable bonds is 9. The molecule has 1 heterocycles. The van der Waals surface area contributed by atoms with Gasteiger partial charge in [-0.15, -0.1) is 11.3 Å². The normalized spacial score (nSPS) is 11.2. The summed E-state index contributed by atoms with van der Waals surface area (Å²) in [4.78, 5) is 19.3. The van der Waals surface area contributed by atoms with Gasteiger partial charge in [0.1, 0.15) is 0 Å². The number of benzene rings is 2. The highest BCUT2D eigenvalue weighted by molar-refractivity contribution is 7.18. The lowest BCUT2D eigenvalue weighted by molar-refractivity contribution is -0.116. The average Bonchev–Trinajstić information content (AvgIpc) is 3.09. The molecule has 0 aliphatic carbocycles. The van der Waals surface area contributed by atoms with E-state index in [-0.39, 0.29) is 5.91 Å². The van der Waals surface area contributed by atoms with Gasteiger partial charge in [0.05, 0.1) is 15.2 Å². The van der Waals surface area contributed by atoms with Gasteiger partial charge in [0.25, 0.3) is 0 Å². The van der Waals surface area contributed by atoms with Crippen molar-refractivity contribution in [2.45, 2.75) is 39.7 Å². The molecular formula is C22H27N3OS. The maximum Gasteiger partial charge on any atom is 0.224 e. The Balaban J connectivity index is 1.48. The molecule has 0 unspecified atom stereocenters. The maximum absolute atomic E-state index is 12.3. The lowest BCUT2D eigenvalue weighted by Gasteiger charge is -2.18. The monoisotopic (exact) mass is 381 g/mol. The molecule has 1 aromatic heterocycles. The van der Waals surface area contributed by atoms with Crippen molar-refractivity contribution in [2.75, 3.05) is 18.4 Å². The lowest BCUT2D eigenvalue weighted by atomic mass is 10.1. The molecule has 0 saturated carbocycles. The third-order valence-corrected chi connectivity index (χ3v) is 5.74. The molecule has 0 bridgehead atoms.